The lowest BCUT2D eigenvalue weighted by Gasteiger charge is -2.01. The topological polar surface area (TPSA) is 59.8 Å². The van der Waals surface area contributed by atoms with E-state index in [-0.39, 0.29) is 5.91 Å². The quantitative estimate of drug-likeness (QED) is 0.683. The summed E-state index contributed by atoms with van der Waals surface area (Å²) in [7, 11) is 0. The molecule has 0 unspecified atom stereocenters. The first-order valence-corrected chi connectivity index (χ1v) is 8.16. The van der Waals surface area contributed by atoms with Crippen LogP contribution >= 0.6 is 15.9 Å². The molecule has 1 amide bonds. The van der Waals surface area contributed by atoms with Crippen molar-refractivity contribution in [1.82, 2.24) is 14.8 Å². The molecule has 0 aliphatic rings. The molecule has 1 aromatic carbocycles. The van der Waals surface area contributed by atoms with Crippen LogP contribution in [0.25, 0.3) is 6.08 Å². The van der Waals surface area contributed by atoms with Crippen LogP contribution in [0.15, 0.2) is 71.6 Å². The van der Waals surface area contributed by atoms with Crippen LogP contribution in [0.4, 0.5) is 5.82 Å². The normalized spacial score (nSPS) is 10.9. The fourth-order valence-corrected chi connectivity index (χ4v) is 2.56. The summed E-state index contributed by atoms with van der Waals surface area (Å²) in [6.45, 7) is 0.608. The maximum Gasteiger partial charge on any atom is 0.249 e. The Hall–Kier alpha value is -2.73. The molecule has 0 fully saturated rings. The standard InChI is InChI=1S/C18H15BrN4O/c19-16-6-2-1-5-15(16)7-8-18(24)21-17-9-11-23(22-17)13-14-4-3-10-20-12-14/h1-12H,13H2,(H,21,22,24)/b8-7+. The summed E-state index contributed by atoms with van der Waals surface area (Å²) in [6, 6.07) is 13.3. The molecule has 0 saturated heterocycles. The van der Waals surface area contributed by atoms with Crippen molar-refractivity contribution >= 4 is 33.7 Å². The van der Waals surface area contributed by atoms with E-state index in [1.165, 1.54) is 6.08 Å². The minimum atomic E-state index is -0.225. The molecular formula is C18H15BrN4O. The highest BCUT2D eigenvalue weighted by molar-refractivity contribution is 9.10. The van der Waals surface area contributed by atoms with Gasteiger partial charge in [-0.25, -0.2) is 0 Å². The first-order valence-electron chi connectivity index (χ1n) is 7.37. The number of rotatable bonds is 5. The monoisotopic (exact) mass is 382 g/mol. The van der Waals surface area contributed by atoms with Crippen molar-refractivity contribution in [3.63, 3.8) is 0 Å². The lowest BCUT2D eigenvalue weighted by Crippen LogP contribution is -2.09. The molecule has 5 nitrogen and oxygen atoms in total. The maximum atomic E-state index is 12.0. The summed E-state index contributed by atoms with van der Waals surface area (Å²) >= 11 is 3.44. The highest BCUT2D eigenvalue weighted by atomic mass is 79.9. The summed E-state index contributed by atoms with van der Waals surface area (Å²) in [5, 5.41) is 7.08. The number of aromatic nitrogens is 3. The van der Waals surface area contributed by atoms with Crippen molar-refractivity contribution < 1.29 is 4.79 Å². The van der Waals surface area contributed by atoms with Crippen molar-refractivity contribution in [2.75, 3.05) is 5.32 Å². The van der Waals surface area contributed by atoms with Gasteiger partial charge < -0.3 is 5.32 Å². The Kier molecular flexibility index (Phi) is 5.18. The van der Waals surface area contributed by atoms with E-state index >= 15 is 0 Å². The van der Waals surface area contributed by atoms with Crippen molar-refractivity contribution in [3.8, 4) is 0 Å². The Balaban J connectivity index is 1.60. The van der Waals surface area contributed by atoms with Gasteiger partial charge in [-0.3, -0.25) is 14.5 Å². The smallest absolute Gasteiger partial charge is 0.249 e. The number of hydrogen-bond donors (Lipinski definition) is 1. The average molecular weight is 383 g/mol. The van der Waals surface area contributed by atoms with Crippen molar-refractivity contribution in [1.29, 1.82) is 0 Å². The molecule has 2 aromatic heterocycles. The first-order chi connectivity index (χ1) is 11.7. The van der Waals surface area contributed by atoms with Crippen LogP contribution in [0.1, 0.15) is 11.1 Å². The second-order valence-corrected chi connectivity index (χ2v) is 5.96. The number of pyridine rings is 1. The maximum absolute atomic E-state index is 12.0. The second kappa shape index (κ2) is 7.70. The van der Waals surface area contributed by atoms with Crippen LogP contribution in [-0.2, 0) is 11.3 Å². The molecule has 0 atom stereocenters. The predicted octanol–water partition coefficient (Wildman–Crippen LogP) is 3.74. The van der Waals surface area contributed by atoms with E-state index in [9.17, 15) is 4.79 Å². The van der Waals surface area contributed by atoms with Gasteiger partial charge in [0.25, 0.3) is 0 Å². The lowest BCUT2D eigenvalue weighted by molar-refractivity contribution is -0.111. The third-order valence-electron chi connectivity index (χ3n) is 3.28. The van der Waals surface area contributed by atoms with Crippen LogP contribution < -0.4 is 5.32 Å². The Morgan fingerprint density at radius 1 is 1.21 bits per heavy atom. The molecule has 3 rings (SSSR count). The first kappa shape index (κ1) is 16.1. The van der Waals surface area contributed by atoms with E-state index < -0.39 is 0 Å². The summed E-state index contributed by atoms with van der Waals surface area (Å²) < 4.78 is 2.69. The number of benzene rings is 1. The largest absolute Gasteiger partial charge is 0.306 e. The highest BCUT2D eigenvalue weighted by Gasteiger charge is 2.03. The van der Waals surface area contributed by atoms with Gasteiger partial charge in [-0.05, 0) is 29.3 Å². The summed E-state index contributed by atoms with van der Waals surface area (Å²) in [6.07, 6.45) is 8.59. The van der Waals surface area contributed by atoms with Gasteiger partial charge in [-0.2, -0.15) is 5.10 Å². The predicted molar refractivity (Wildman–Crippen MR) is 97.4 cm³/mol. The number of carbonyl (C=O) groups excluding carboxylic acids is 1. The van der Waals surface area contributed by atoms with Crippen LogP contribution in [0.3, 0.4) is 0 Å². The number of amides is 1. The fourth-order valence-electron chi connectivity index (χ4n) is 2.14. The van der Waals surface area contributed by atoms with E-state index in [4.69, 9.17) is 0 Å². The van der Waals surface area contributed by atoms with Gasteiger partial charge in [0.15, 0.2) is 5.82 Å². The third-order valence-corrected chi connectivity index (χ3v) is 4.00. The molecular weight excluding hydrogens is 368 g/mol. The molecule has 6 heteroatoms. The fraction of sp³-hybridized carbons (Fsp3) is 0.0556. The van der Waals surface area contributed by atoms with Crippen molar-refractivity contribution in [3.05, 3.63) is 82.7 Å². The molecule has 3 aromatic rings. The Labute approximate surface area is 148 Å². The van der Waals surface area contributed by atoms with Gasteiger partial charge in [-0.15, -0.1) is 0 Å². The lowest BCUT2D eigenvalue weighted by atomic mass is 10.2. The molecule has 0 radical (unpaired) electrons. The summed E-state index contributed by atoms with van der Waals surface area (Å²) in [5.41, 5.74) is 1.99. The van der Waals surface area contributed by atoms with E-state index in [1.807, 2.05) is 42.6 Å². The third kappa shape index (κ3) is 4.39. The molecule has 120 valence electrons. The Morgan fingerprint density at radius 2 is 2.08 bits per heavy atom. The molecule has 0 aliphatic heterocycles. The Morgan fingerprint density at radius 3 is 2.88 bits per heavy atom. The van der Waals surface area contributed by atoms with E-state index in [0.717, 1.165) is 15.6 Å². The van der Waals surface area contributed by atoms with Crippen LogP contribution in [0.2, 0.25) is 0 Å². The Bertz CT molecular complexity index is 858. The van der Waals surface area contributed by atoms with Crippen molar-refractivity contribution in [2.24, 2.45) is 0 Å². The van der Waals surface area contributed by atoms with Crippen LogP contribution in [-0.4, -0.2) is 20.7 Å². The number of halogens is 1. The minimum absolute atomic E-state index is 0.225. The zero-order valence-corrected chi connectivity index (χ0v) is 14.3. The van der Waals surface area contributed by atoms with E-state index in [1.54, 1.807) is 29.2 Å². The minimum Gasteiger partial charge on any atom is -0.306 e. The molecule has 0 saturated carbocycles. The molecule has 0 aliphatic carbocycles. The van der Waals surface area contributed by atoms with E-state index in [0.29, 0.717) is 12.4 Å². The zero-order valence-electron chi connectivity index (χ0n) is 12.8. The van der Waals surface area contributed by atoms with Gasteiger partial charge >= 0.3 is 0 Å². The SMILES string of the molecule is O=C(/C=C/c1ccccc1Br)Nc1ccn(Cc2cccnc2)n1. The average Bonchev–Trinajstić information content (AvgIpc) is 3.02. The zero-order chi connectivity index (χ0) is 16.8. The van der Waals surface area contributed by atoms with E-state index in [2.05, 4.69) is 31.3 Å². The molecule has 0 bridgehead atoms. The number of nitrogens with zero attached hydrogens (tertiary/aromatic N) is 3. The van der Waals surface area contributed by atoms with Gasteiger partial charge in [0.1, 0.15) is 0 Å². The highest BCUT2D eigenvalue weighted by Crippen LogP contribution is 2.17. The van der Waals surface area contributed by atoms with Gasteiger partial charge in [0.2, 0.25) is 5.91 Å². The van der Waals surface area contributed by atoms with Crippen molar-refractivity contribution in [2.45, 2.75) is 6.54 Å². The summed E-state index contributed by atoms with van der Waals surface area (Å²) in [5.74, 6) is 0.290. The van der Waals surface area contributed by atoms with Crippen LogP contribution in [0, 0.1) is 0 Å². The van der Waals surface area contributed by atoms with Gasteiger partial charge in [0.05, 0.1) is 6.54 Å². The van der Waals surface area contributed by atoms with Crippen LogP contribution in [0.5, 0.6) is 0 Å². The number of anilines is 1. The molecule has 2 heterocycles. The summed E-state index contributed by atoms with van der Waals surface area (Å²) in [4.78, 5) is 16.1. The number of hydrogen-bond acceptors (Lipinski definition) is 3. The molecule has 24 heavy (non-hydrogen) atoms. The molecule has 1 N–H and O–H groups in total. The van der Waals surface area contributed by atoms with Gasteiger partial charge in [0, 0.05) is 35.2 Å². The molecule has 0 spiro atoms. The number of carbonyl (C=O) groups is 1. The second-order valence-electron chi connectivity index (χ2n) is 5.10. The number of nitrogens with one attached hydrogen (secondary N) is 1. The van der Waals surface area contributed by atoms with Gasteiger partial charge in [-0.1, -0.05) is 40.2 Å².